The first-order chi connectivity index (χ1) is 17.4. The van der Waals surface area contributed by atoms with Crippen molar-refractivity contribution >= 4 is 28.7 Å². The average molecular weight is 495 g/mol. The van der Waals surface area contributed by atoms with Crippen LogP contribution in [-0.2, 0) is 9.53 Å². The Hall–Kier alpha value is -4.16. The summed E-state index contributed by atoms with van der Waals surface area (Å²) < 4.78 is 21.6. The minimum atomic E-state index is -1.35. The van der Waals surface area contributed by atoms with E-state index >= 15 is 0 Å². The van der Waals surface area contributed by atoms with Crippen molar-refractivity contribution in [3.8, 4) is 17.4 Å². The van der Waals surface area contributed by atoms with Crippen molar-refractivity contribution in [2.24, 2.45) is 5.73 Å². The number of carbonyl (C=O) groups excluding carboxylic acids is 2. The van der Waals surface area contributed by atoms with E-state index in [4.69, 9.17) is 24.7 Å². The number of hydrogen-bond acceptors (Lipinski definition) is 10. The van der Waals surface area contributed by atoms with Gasteiger partial charge in [-0.05, 0) is 24.3 Å². The second kappa shape index (κ2) is 9.84. The van der Waals surface area contributed by atoms with Gasteiger partial charge in [-0.15, -0.1) is 0 Å². The van der Waals surface area contributed by atoms with Gasteiger partial charge in [0.1, 0.15) is 31.5 Å². The highest BCUT2D eigenvalue weighted by Crippen LogP contribution is 2.35. The van der Waals surface area contributed by atoms with Gasteiger partial charge in [0, 0.05) is 23.9 Å². The van der Waals surface area contributed by atoms with Crippen LogP contribution in [-0.4, -0.2) is 72.6 Å². The van der Waals surface area contributed by atoms with Gasteiger partial charge in [-0.2, -0.15) is 0 Å². The summed E-state index contributed by atoms with van der Waals surface area (Å²) in [6.45, 7) is 1.14. The lowest BCUT2D eigenvalue weighted by atomic mass is 10.0. The summed E-state index contributed by atoms with van der Waals surface area (Å²) >= 11 is 0. The zero-order valence-electron chi connectivity index (χ0n) is 19.4. The molecule has 2 aliphatic rings. The van der Waals surface area contributed by atoms with Crippen molar-refractivity contribution in [1.82, 2.24) is 15.3 Å². The summed E-state index contributed by atoms with van der Waals surface area (Å²) in [6.07, 6.45) is -0.995. The van der Waals surface area contributed by atoms with Crippen molar-refractivity contribution in [3.05, 3.63) is 48.2 Å². The average Bonchev–Trinajstić information content (AvgIpc) is 3.30. The van der Waals surface area contributed by atoms with Crippen LogP contribution in [0.5, 0.6) is 17.4 Å². The van der Waals surface area contributed by atoms with Gasteiger partial charge >= 0.3 is 6.09 Å². The molecular weight excluding hydrogens is 470 g/mol. The number of carbonyl (C=O) groups is 2. The highest BCUT2D eigenvalue weighted by Gasteiger charge is 2.34. The predicted octanol–water partition coefficient (Wildman–Crippen LogP) is 0.912. The number of hydrogen-bond donors (Lipinski definition) is 3. The molecule has 188 valence electrons. The van der Waals surface area contributed by atoms with Gasteiger partial charge in [0.05, 0.1) is 36.9 Å². The standard InChI is InChI=1S/C24H25N5O7/c1-33-19-5-3-16-21(28-19)15(6-7-26-16)22(30)20(25)23(31)27-11-14-12-29(24(32)36-14)13-2-4-17-18(10-13)35-9-8-34-17/h2-7,10,14,20,22,30H,8-9,11-12,25H2,1H3,(H,27,31)/t14?,20-,22+/m1/s1. The number of aromatic nitrogens is 2. The summed E-state index contributed by atoms with van der Waals surface area (Å²) in [4.78, 5) is 35.2. The van der Waals surface area contributed by atoms with Crippen LogP contribution in [0.2, 0.25) is 0 Å². The van der Waals surface area contributed by atoms with Gasteiger partial charge in [0.2, 0.25) is 11.8 Å². The van der Waals surface area contributed by atoms with Crippen molar-refractivity contribution < 1.29 is 33.6 Å². The number of methoxy groups -OCH3 is 1. The van der Waals surface area contributed by atoms with E-state index < -0.39 is 30.3 Å². The molecule has 0 spiro atoms. The molecule has 0 aliphatic carbocycles. The van der Waals surface area contributed by atoms with E-state index in [1.54, 1.807) is 36.4 Å². The molecule has 0 saturated carbocycles. The lowest BCUT2D eigenvalue weighted by Crippen LogP contribution is -2.47. The maximum atomic E-state index is 12.7. The minimum Gasteiger partial charge on any atom is -0.486 e. The molecule has 5 rings (SSSR count). The Bertz CT molecular complexity index is 1300. The Kier molecular flexibility index (Phi) is 6.44. The van der Waals surface area contributed by atoms with Crippen LogP contribution >= 0.6 is 0 Å². The lowest BCUT2D eigenvalue weighted by molar-refractivity contribution is -0.125. The van der Waals surface area contributed by atoms with E-state index in [2.05, 4.69) is 15.3 Å². The van der Waals surface area contributed by atoms with Crippen molar-refractivity contribution in [1.29, 1.82) is 0 Å². The molecular formula is C24H25N5O7. The summed E-state index contributed by atoms with van der Waals surface area (Å²) in [7, 11) is 1.48. The van der Waals surface area contributed by atoms with E-state index in [0.29, 0.717) is 52.9 Å². The van der Waals surface area contributed by atoms with Gasteiger partial charge in [-0.3, -0.25) is 14.7 Å². The molecule has 12 heteroatoms. The highest BCUT2D eigenvalue weighted by molar-refractivity contribution is 5.90. The van der Waals surface area contributed by atoms with Crippen molar-refractivity contribution in [3.63, 3.8) is 0 Å². The summed E-state index contributed by atoms with van der Waals surface area (Å²) in [5.41, 5.74) is 7.91. The zero-order valence-corrected chi connectivity index (χ0v) is 19.4. The number of anilines is 1. The predicted molar refractivity (Wildman–Crippen MR) is 127 cm³/mol. The quantitative estimate of drug-likeness (QED) is 0.430. The fourth-order valence-electron chi connectivity index (χ4n) is 4.09. The maximum absolute atomic E-state index is 12.7. The molecule has 2 aliphatic heterocycles. The summed E-state index contributed by atoms with van der Waals surface area (Å²) in [5.74, 6) is 0.903. The molecule has 1 aromatic carbocycles. The lowest BCUT2D eigenvalue weighted by Gasteiger charge is -2.21. The van der Waals surface area contributed by atoms with Crippen molar-refractivity contribution in [2.75, 3.05) is 38.3 Å². The molecule has 12 nitrogen and oxygen atoms in total. The number of aliphatic hydroxyl groups excluding tert-OH is 1. The topological polar surface area (TPSA) is 158 Å². The maximum Gasteiger partial charge on any atom is 0.414 e. The third-order valence-corrected chi connectivity index (χ3v) is 5.98. The van der Waals surface area contributed by atoms with Crippen LogP contribution in [0.25, 0.3) is 11.0 Å². The molecule has 4 N–H and O–H groups in total. The normalized spacial score (nSPS) is 18.5. The molecule has 36 heavy (non-hydrogen) atoms. The Balaban J connectivity index is 1.22. The first-order valence-corrected chi connectivity index (χ1v) is 11.3. The fourth-order valence-corrected chi connectivity index (χ4v) is 4.09. The van der Waals surface area contributed by atoms with E-state index in [0.717, 1.165) is 0 Å². The number of benzene rings is 1. The number of pyridine rings is 2. The Labute approximate surface area is 205 Å². The van der Waals surface area contributed by atoms with Gasteiger partial charge in [0.15, 0.2) is 11.5 Å². The molecule has 1 unspecified atom stereocenters. The minimum absolute atomic E-state index is 0.0230. The third kappa shape index (κ3) is 4.55. The number of nitrogens with zero attached hydrogens (tertiary/aromatic N) is 3. The van der Waals surface area contributed by atoms with Gasteiger partial charge in [0.25, 0.3) is 0 Å². The third-order valence-electron chi connectivity index (χ3n) is 5.98. The van der Waals surface area contributed by atoms with E-state index in [9.17, 15) is 14.7 Å². The van der Waals surface area contributed by atoms with E-state index in [-0.39, 0.29) is 13.1 Å². The Morgan fingerprint density at radius 1 is 1.25 bits per heavy atom. The second-order valence-electron chi connectivity index (χ2n) is 8.28. The van der Waals surface area contributed by atoms with Crippen LogP contribution in [0.4, 0.5) is 10.5 Å². The molecule has 3 atom stereocenters. The molecule has 2 amide bonds. The number of rotatable bonds is 7. The number of nitrogens with two attached hydrogens (primary N) is 1. The second-order valence-corrected chi connectivity index (χ2v) is 8.28. The van der Waals surface area contributed by atoms with Gasteiger partial charge in [-0.25, -0.2) is 9.78 Å². The number of ether oxygens (including phenoxy) is 4. The van der Waals surface area contributed by atoms with Crippen LogP contribution < -0.4 is 30.2 Å². The first-order valence-electron chi connectivity index (χ1n) is 11.3. The SMILES string of the molecule is COc1ccc2nccc([C@H](O)[C@@H](N)C(=O)NCC3CN(c4ccc5c(c4)OCCO5)C(=O)O3)c2n1. The summed E-state index contributed by atoms with van der Waals surface area (Å²) in [5, 5.41) is 13.5. The van der Waals surface area contributed by atoms with Crippen LogP contribution in [0, 0.1) is 0 Å². The number of cyclic esters (lactones) is 1. The molecule has 4 heterocycles. The molecule has 1 saturated heterocycles. The molecule has 1 fully saturated rings. The monoisotopic (exact) mass is 495 g/mol. The molecule has 0 bridgehead atoms. The summed E-state index contributed by atoms with van der Waals surface area (Å²) in [6, 6.07) is 8.79. The zero-order chi connectivity index (χ0) is 25.2. The number of nitrogens with one attached hydrogen (secondary N) is 1. The smallest absolute Gasteiger partial charge is 0.414 e. The molecule has 0 radical (unpaired) electrons. The van der Waals surface area contributed by atoms with Crippen LogP contribution in [0.1, 0.15) is 11.7 Å². The number of amides is 2. The van der Waals surface area contributed by atoms with Crippen LogP contribution in [0.15, 0.2) is 42.6 Å². The van der Waals surface area contributed by atoms with E-state index in [1.165, 1.54) is 18.2 Å². The van der Waals surface area contributed by atoms with Crippen molar-refractivity contribution in [2.45, 2.75) is 18.2 Å². The van der Waals surface area contributed by atoms with Gasteiger partial charge < -0.3 is 35.1 Å². The highest BCUT2D eigenvalue weighted by atomic mass is 16.6. The Morgan fingerprint density at radius 3 is 2.86 bits per heavy atom. The van der Waals surface area contributed by atoms with E-state index in [1.807, 2.05) is 0 Å². The molecule has 2 aromatic heterocycles. The first kappa shape index (κ1) is 23.6. The van der Waals surface area contributed by atoms with Crippen LogP contribution in [0.3, 0.4) is 0 Å². The Morgan fingerprint density at radius 2 is 2.06 bits per heavy atom. The number of aliphatic hydroxyl groups is 1. The fraction of sp³-hybridized carbons (Fsp3) is 0.333. The number of fused-ring (bicyclic) bond motifs is 2. The van der Waals surface area contributed by atoms with Gasteiger partial charge in [-0.1, -0.05) is 0 Å². The largest absolute Gasteiger partial charge is 0.486 e. The molecule has 3 aromatic rings.